The first-order chi connectivity index (χ1) is 7.61. The van der Waals surface area contributed by atoms with Gasteiger partial charge in [0.25, 0.3) is 11.4 Å². The fourth-order valence-corrected chi connectivity index (χ4v) is 1.94. The van der Waals surface area contributed by atoms with Crippen molar-refractivity contribution < 1.29 is 9.84 Å². The number of nitrogens with zero attached hydrogens (tertiary/aromatic N) is 2. The van der Waals surface area contributed by atoms with Gasteiger partial charge in [-0.1, -0.05) is 0 Å². The van der Waals surface area contributed by atoms with Crippen LogP contribution < -0.4 is 10.3 Å². The lowest BCUT2D eigenvalue weighted by atomic mass is 10.5. The molecular weight excluding hydrogens is 230 g/mol. The van der Waals surface area contributed by atoms with Gasteiger partial charge in [0.15, 0.2) is 10.8 Å². The first kappa shape index (κ1) is 10.6. The lowest BCUT2D eigenvalue weighted by molar-refractivity contribution is 0.357. The molecule has 0 aliphatic carbocycles. The number of nitrogens with one attached hydrogen (secondary N) is 1. The maximum absolute atomic E-state index is 11.5. The number of H-pyrrole nitrogens is 1. The number of hydrogen-bond acceptors (Lipinski definition) is 6. The Morgan fingerprint density at radius 1 is 1.50 bits per heavy atom. The Balaban J connectivity index is 2.56. The van der Waals surface area contributed by atoms with E-state index in [2.05, 4.69) is 15.0 Å². The van der Waals surface area contributed by atoms with Crippen molar-refractivity contribution in [1.82, 2.24) is 15.0 Å². The van der Waals surface area contributed by atoms with Crippen molar-refractivity contribution in [2.45, 2.75) is 6.92 Å². The summed E-state index contributed by atoms with van der Waals surface area (Å²) in [6, 6.07) is 0. The van der Waals surface area contributed by atoms with E-state index in [1.165, 1.54) is 18.4 Å². The van der Waals surface area contributed by atoms with Crippen LogP contribution in [0.2, 0.25) is 0 Å². The van der Waals surface area contributed by atoms with E-state index in [9.17, 15) is 9.90 Å². The minimum absolute atomic E-state index is 0.197. The lowest BCUT2D eigenvalue weighted by Gasteiger charge is -2.02. The zero-order valence-corrected chi connectivity index (χ0v) is 9.46. The predicted octanol–water partition coefficient (Wildman–Crippen LogP) is 0.916. The van der Waals surface area contributed by atoms with Gasteiger partial charge in [0.05, 0.1) is 7.11 Å². The average Bonchev–Trinajstić information content (AvgIpc) is 2.64. The Hall–Kier alpha value is -1.89. The minimum Gasteiger partial charge on any atom is -0.490 e. The van der Waals surface area contributed by atoms with Crippen LogP contribution in [0.4, 0.5) is 0 Å². The molecule has 7 heteroatoms. The third-order valence-electron chi connectivity index (χ3n) is 1.88. The molecule has 0 atom stereocenters. The molecule has 2 aromatic rings. The van der Waals surface area contributed by atoms with Gasteiger partial charge in [-0.3, -0.25) is 4.79 Å². The van der Waals surface area contributed by atoms with Gasteiger partial charge < -0.3 is 14.8 Å². The standard InChI is InChI=1S/C9H9N3O3S/c1-4-3-16-9(10-4)6-11-7(13)5(15-2)8(14)12-6/h3H,1-2H3,(H2,11,12,13,14). The van der Waals surface area contributed by atoms with Crippen molar-refractivity contribution in [2.24, 2.45) is 0 Å². The average molecular weight is 239 g/mol. The summed E-state index contributed by atoms with van der Waals surface area (Å²) in [6.45, 7) is 1.83. The number of hydrogen-bond donors (Lipinski definition) is 2. The van der Waals surface area contributed by atoms with Gasteiger partial charge in [-0.15, -0.1) is 11.3 Å². The molecule has 0 radical (unpaired) electrons. The lowest BCUT2D eigenvalue weighted by Crippen LogP contribution is -2.11. The number of thiazole rings is 1. The van der Waals surface area contributed by atoms with E-state index in [-0.39, 0.29) is 11.6 Å². The summed E-state index contributed by atoms with van der Waals surface area (Å²) < 4.78 is 4.70. The van der Waals surface area contributed by atoms with Crippen LogP contribution in [0.15, 0.2) is 10.2 Å². The summed E-state index contributed by atoms with van der Waals surface area (Å²) in [5.41, 5.74) is 0.302. The van der Waals surface area contributed by atoms with E-state index in [1.54, 1.807) is 0 Å². The molecule has 0 unspecified atom stereocenters. The monoisotopic (exact) mass is 239 g/mol. The number of aromatic nitrogens is 3. The highest BCUT2D eigenvalue weighted by atomic mass is 32.1. The van der Waals surface area contributed by atoms with Crippen molar-refractivity contribution >= 4 is 11.3 Å². The molecule has 0 spiro atoms. The topological polar surface area (TPSA) is 88.1 Å². The molecule has 0 saturated heterocycles. The molecule has 0 aliphatic rings. The largest absolute Gasteiger partial charge is 0.490 e. The molecule has 0 bridgehead atoms. The van der Waals surface area contributed by atoms with E-state index >= 15 is 0 Å². The molecule has 2 aromatic heterocycles. The van der Waals surface area contributed by atoms with Crippen molar-refractivity contribution in [1.29, 1.82) is 0 Å². The predicted molar refractivity (Wildman–Crippen MR) is 58.9 cm³/mol. The Kier molecular flexibility index (Phi) is 2.61. The zero-order chi connectivity index (χ0) is 11.7. The maximum Gasteiger partial charge on any atom is 0.297 e. The van der Waals surface area contributed by atoms with E-state index in [4.69, 9.17) is 4.74 Å². The van der Waals surface area contributed by atoms with Crippen LogP contribution in [0.3, 0.4) is 0 Å². The summed E-state index contributed by atoms with van der Waals surface area (Å²) in [4.78, 5) is 21.9. The second-order valence-corrected chi connectivity index (χ2v) is 3.92. The Bertz CT molecular complexity index is 576. The van der Waals surface area contributed by atoms with Crippen molar-refractivity contribution in [3.63, 3.8) is 0 Å². The summed E-state index contributed by atoms with van der Waals surface area (Å²) in [6.07, 6.45) is 0. The zero-order valence-electron chi connectivity index (χ0n) is 8.64. The van der Waals surface area contributed by atoms with Crippen LogP contribution in [0.5, 0.6) is 11.6 Å². The Morgan fingerprint density at radius 3 is 2.75 bits per heavy atom. The molecular formula is C9H9N3O3S. The second kappa shape index (κ2) is 3.93. The van der Waals surface area contributed by atoms with Gasteiger partial charge in [-0.2, -0.15) is 4.98 Å². The summed E-state index contributed by atoms with van der Waals surface area (Å²) in [5, 5.41) is 11.8. The van der Waals surface area contributed by atoms with Crippen LogP contribution in [0, 0.1) is 6.92 Å². The molecule has 0 fully saturated rings. The van der Waals surface area contributed by atoms with Gasteiger partial charge in [0, 0.05) is 11.1 Å². The molecule has 0 aromatic carbocycles. The SMILES string of the molecule is COc1c(O)nc(-c2nc(C)cs2)[nH]c1=O. The summed E-state index contributed by atoms with van der Waals surface area (Å²) in [5.74, 6) is -0.396. The number of ether oxygens (including phenoxy) is 1. The Morgan fingerprint density at radius 2 is 2.25 bits per heavy atom. The van der Waals surface area contributed by atoms with Crippen LogP contribution >= 0.6 is 11.3 Å². The minimum atomic E-state index is -0.530. The highest BCUT2D eigenvalue weighted by Crippen LogP contribution is 2.23. The molecule has 0 saturated carbocycles. The van der Waals surface area contributed by atoms with Crippen LogP contribution in [-0.4, -0.2) is 27.2 Å². The second-order valence-electron chi connectivity index (χ2n) is 3.07. The van der Waals surface area contributed by atoms with Gasteiger partial charge in [0.2, 0.25) is 5.75 Å². The molecule has 0 aliphatic heterocycles. The van der Waals surface area contributed by atoms with Gasteiger partial charge in [0.1, 0.15) is 0 Å². The fraction of sp³-hybridized carbons (Fsp3) is 0.222. The maximum atomic E-state index is 11.5. The van der Waals surface area contributed by atoms with Crippen molar-refractivity contribution in [3.8, 4) is 22.5 Å². The van der Waals surface area contributed by atoms with Gasteiger partial charge in [-0.05, 0) is 6.92 Å². The molecule has 2 rings (SSSR count). The molecule has 84 valence electrons. The number of aromatic hydroxyl groups is 1. The first-order valence-electron chi connectivity index (χ1n) is 4.41. The van der Waals surface area contributed by atoms with E-state index in [0.717, 1.165) is 5.69 Å². The third-order valence-corrected chi connectivity index (χ3v) is 2.85. The Labute approximate surface area is 94.6 Å². The third kappa shape index (κ3) is 1.76. The number of rotatable bonds is 2. The number of methoxy groups -OCH3 is 1. The molecule has 2 N–H and O–H groups in total. The fourth-order valence-electron chi connectivity index (χ4n) is 1.20. The van der Waals surface area contributed by atoms with E-state index in [1.807, 2.05) is 12.3 Å². The summed E-state index contributed by atoms with van der Waals surface area (Å²) in [7, 11) is 1.29. The first-order valence-corrected chi connectivity index (χ1v) is 5.29. The van der Waals surface area contributed by atoms with Gasteiger partial charge >= 0.3 is 0 Å². The molecule has 2 heterocycles. The van der Waals surface area contributed by atoms with Gasteiger partial charge in [-0.25, -0.2) is 4.98 Å². The van der Waals surface area contributed by atoms with Crippen LogP contribution in [-0.2, 0) is 0 Å². The smallest absolute Gasteiger partial charge is 0.297 e. The highest BCUT2D eigenvalue weighted by Gasteiger charge is 2.13. The van der Waals surface area contributed by atoms with Crippen LogP contribution in [0.25, 0.3) is 10.8 Å². The van der Waals surface area contributed by atoms with E-state index < -0.39 is 11.4 Å². The number of aryl methyl sites for hydroxylation is 1. The number of aromatic amines is 1. The highest BCUT2D eigenvalue weighted by molar-refractivity contribution is 7.13. The normalized spacial score (nSPS) is 10.4. The quantitative estimate of drug-likeness (QED) is 0.813. The molecule has 16 heavy (non-hydrogen) atoms. The summed E-state index contributed by atoms with van der Waals surface area (Å²) >= 11 is 1.34. The molecule has 6 nitrogen and oxygen atoms in total. The van der Waals surface area contributed by atoms with Crippen molar-refractivity contribution in [3.05, 3.63) is 21.4 Å². The van der Waals surface area contributed by atoms with E-state index in [0.29, 0.717) is 5.01 Å². The van der Waals surface area contributed by atoms with Crippen molar-refractivity contribution in [2.75, 3.05) is 7.11 Å². The molecule has 0 amide bonds. The van der Waals surface area contributed by atoms with Crippen LogP contribution in [0.1, 0.15) is 5.69 Å².